The molecule has 3 aliphatic rings. The molecule has 252 valence electrons. The van der Waals surface area contributed by atoms with Gasteiger partial charge in [0.25, 0.3) is 0 Å². The van der Waals surface area contributed by atoms with Crippen LogP contribution in [0.1, 0.15) is 87.6 Å². The smallest absolute Gasteiger partial charge is 0.248 e. The zero-order chi connectivity index (χ0) is 33.0. The Kier molecular flexibility index (Phi) is 11.4. The molecular formula is C37H54N4O4S. The number of aromatic nitrogens is 1. The van der Waals surface area contributed by atoms with E-state index in [2.05, 4.69) is 81.9 Å². The minimum atomic E-state index is -1.24. The highest BCUT2D eigenvalue weighted by Gasteiger charge is 2.36. The summed E-state index contributed by atoms with van der Waals surface area (Å²) in [5, 5.41) is 14.9. The Labute approximate surface area is 280 Å². The number of hydrogen-bond donors (Lipinski definition) is 2. The van der Waals surface area contributed by atoms with Crippen LogP contribution in [0.5, 0.6) is 0 Å². The van der Waals surface area contributed by atoms with E-state index in [1.165, 1.54) is 48.7 Å². The monoisotopic (exact) mass is 650 g/mol. The second kappa shape index (κ2) is 15.1. The fraction of sp³-hybridized carbons (Fsp3) is 0.595. The van der Waals surface area contributed by atoms with Crippen molar-refractivity contribution in [3.05, 3.63) is 70.7 Å². The molecule has 3 unspecified atom stereocenters. The number of fused-ring (bicyclic) bond motifs is 5. The zero-order valence-corrected chi connectivity index (χ0v) is 29.7. The molecule has 1 aromatic carbocycles. The van der Waals surface area contributed by atoms with Gasteiger partial charge in [-0.15, -0.1) is 0 Å². The van der Waals surface area contributed by atoms with E-state index < -0.39 is 5.79 Å². The Morgan fingerprint density at radius 1 is 1.15 bits per heavy atom. The van der Waals surface area contributed by atoms with Crippen molar-refractivity contribution >= 4 is 28.8 Å². The summed E-state index contributed by atoms with van der Waals surface area (Å²) >= 11 is 1.73. The summed E-state index contributed by atoms with van der Waals surface area (Å²) in [5.74, 6) is 0.172. The molecule has 2 heterocycles. The Bertz CT molecular complexity index is 1470. The number of ether oxygens (including phenoxy) is 2. The highest BCUT2D eigenvalue weighted by Crippen LogP contribution is 2.48. The van der Waals surface area contributed by atoms with E-state index in [4.69, 9.17) is 9.47 Å². The fourth-order valence-corrected chi connectivity index (χ4v) is 7.61. The fourth-order valence-electron chi connectivity index (χ4n) is 7.34. The van der Waals surface area contributed by atoms with Gasteiger partial charge in [-0.1, -0.05) is 55.5 Å². The average Bonchev–Trinajstić information content (AvgIpc) is 3.25. The van der Waals surface area contributed by atoms with Gasteiger partial charge in [-0.05, 0) is 89.2 Å². The number of likely N-dealkylation sites (N-methyl/N-ethyl adjacent to an activating group) is 2. The highest BCUT2D eigenvalue weighted by molar-refractivity contribution is 7.96. The molecule has 5 rings (SSSR count). The van der Waals surface area contributed by atoms with Crippen LogP contribution in [0.15, 0.2) is 53.8 Å². The third kappa shape index (κ3) is 8.11. The molecule has 2 aromatic rings. The summed E-state index contributed by atoms with van der Waals surface area (Å²) in [6, 6.07) is 6.63. The lowest BCUT2D eigenvalue weighted by Crippen LogP contribution is -2.36. The molecule has 0 bridgehead atoms. The predicted octanol–water partition coefficient (Wildman–Crippen LogP) is 6.49. The van der Waals surface area contributed by atoms with E-state index in [-0.39, 0.29) is 23.8 Å². The summed E-state index contributed by atoms with van der Waals surface area (Å²) in [4.78, 5) is 16.2. The molecule has 2 N–H and O–H groups in total. The van der Waals surface area contributed by atoms with E-state index in [0.29, 0.717) is 19.0 Å². The topological polar surface area (TPSA) is 79.2 Å². The van der Waals surface area contributed by atoms with Crippen molar-refractivity contribution in [2.24, 2.45) is 5.92 Å². The number of amides is 1. The summed E-state index contributed by atoms with van der Waals surface area (Å²) in [7, 11) is 5.91. The van der Waals surface area contributed by atoms with Gasteiger partial charge in [-0.3, -0.25) is 9.10 Å². The maximum Gasteiger partial charge on any atom is 0.248 e. The summed E-state index contributed by atoms with van der Waals surface area (Å²) < 4.78 is 16.3. The number of benzene rings is 1. The second-order valence-corrected chi connectivity index (χ2v) is 14.7. The van der Waals surface area contributed by atoms with Crippen LogP contribution in [-0.4, -0.2) is 84.2 Å². The molecule has 3 atom stereocenters. The van der Waals surface area contributed by atoms with Crippen molar-refractivity contribution in [2.75, 3.05) is 53.6 Å². The second-order valence-electron chi connectivity index (χ2n) is 13.7. The van der Waals surface area contributed by atoms with Gasteiger partial charge in [-0.25, -0.2) is 0 Å². The lowest BCUT2D eigenvalue weighted by molar-refractivity contribution is -0.203. The van der Waals surface area contributed by atoms with Crippen molar-refractivity contribution in [2.45, 2.75) is 83.1 Å². The Morgan fingerprint density at radius 3 is 2.61 bits per heavy atom. The maximum absolute atomic E-state index is 13.9. The Morgan fingerprint density at radius 2 is 1.91 bits per heavy atom. The molecule has 1 aromatic heterocycles. The zero-order valence-electron chi connectivity index (χ0n) is 28.8. The van der Waals surface area contributed by atoms with Crippen LogP contribution < -0.4 is 5.32 Å². The quantitative estimate of drug-likeness (QED) is 0.190. The molecule has 1 fully saturated rings. The van der Waals surface area contributed by atoms with Gasteiger partial charge in [0.2, 0.25) is 5.91 Å². The van der Waals surface area contributed by atoms with Crippen LogP contribution in [-0.2, 0) is 20.8 Å². The van der Waals surface area contributed by atoms with E-state index in [1.807, 2.05) is 6.92 Å². The first kappa shape index (κ1) is 34.8. The minimum absolute atomic E-state index is 0.00951. The number of hydrogen-bond acceptors (Lipinski definition) is 7. The minimum Gasteiger partial charge on any atom is -0.497 e. The first-order valence-electron chi connectivity index (χ1n) is 16.9. The van der Waals surface area contributed by atoms with Gasteiger partial charge in [0.1, 0.15) is 5.76 Å². The third-order valence-electron chi connectivity index (χ3n) is 9.81. The van der Waals surface area contributed by atoms with Crippen LogP contribution in [0.2, 0.25) is 0 Å². The van der Waals surface area contributed by atoms with Crippen LogP contribution in [0.4, 0.5) is 0 Å². The standard InChI is InChI=1S/C37H54N4O4S/c1-25(45-37(2,3)43)27-13-15-32-33(23-27)41-24-29(36(42)38-17-18-39(4)19-20-40(5)46-7)21-28-22-30(44-6)14-16-31(28)35(41)34(32)26-11-9-8-10-12-26/h13-16,21-23,25-26,28,31,43H,8-12,17-20,24H2,1-7H3,(H,38,42). The summed E-state index contributed by atoms with van der Waals surface area (Å²) in [5.41, 5.74) is 5.68. The lowest BCUT2D eigenvalue weighted by Gasteiger charge is -2.28. The number of methoxy groups -OCH3 is 1. The number of allylic oxidation sites excluding steroid dienone is 4. The van der Waals surface area contributed by atoms with Gasteiger partial charge in [0.15, 0.2) is 5.79 Å². The van der Waals surface area contributed by atoms with Gasteiger partial charge >= 0.3 is 0 Å². The van der Waals surface area contributed by atoms with E-state index in [0.717, 1.165) is 42.0 Å². The van der Waals surface area contributed by atoms with Crippen molar-refractivity contribution in [1.82, 2.24) is 19.1 Å². The van der Waals surface area contributed by atoms with Crippen LogP contribution in [0, 0.1) is 5.92 Å². The number of carbonyl (C=O) groups excluding carboxylic acids is 1. The number of aliphatic hydroxyl groups is 1. The molecule has 2 aliphatic carbocycles. The molecule has 1 saturated carbocycles. The first-order chi connectivity index (χ1) is 22.0. The van der Waals surface area contributed by atoms with Crippen molar-refractivity contribution in [3.63, 3.8) is 0 Å². The summed E-state index contributed by atoms with van der Waals surface area (Å²) in [6.07, 6.45) is 16.7. The van der Waals surface area contributed by atoms with Crippen molar-refractivity contribution in [3.8, 4) is 0 Å². The van der Waals surface area contributed by atoms with E-state index in [1.54, 1.807) is 32.9 Å². The van der Waals surface area contributed by atoms with Crippen molar-refractivity contribution < 1.29 is 19.4 Å². The van der Waals surface area contributed by atoms with Crippen molar-refractivity contribution in [1.29, 1.82) is 0 Å². The maximum atomic E-state index is 13.9. The van der Waals surface area contributed by atoms with Gasteiger partial charge in [0.05, 0.1) is 19.8 Å². The van der Waals surface area contributed by atoms with Gasteiger partial charge in [-0.2, -0.15) is 0 Å². The summed E-state index contributed by atoms with van der Waals surface area (Å²) in [6.45, 7) is 9.10. The van der Waals surface area contributed by atoms with E-state index >= 15 is 0 Å². The molecule has 0 spiro atoms. The number of rotatable bonds is 13. The molecule has 9 heteroatoms. The molecule has 0 radical (unpaired) electrons. The first-order valence-corrected chi connectivity index (χ1v) is 18.1. The van der Waals surface area contributed by atoms with Gasteiger partial charge in [0, 0.05) is 60.2 Å². The molecular weight excluding hydrogens is 596 g/mol. The SMILES string of the molecule is COC1=CC2C=C(C(=O)NCCN(C)CCN(C)SC)Cn3c(c(C4CCCCC4)c4ccc(C(C)OC(C)(C)O)cc43)C2C=C1. The highest BCUT2D eigenvalue weighted by atomic mass is 32.2. The molecule has 8 nitrogen and oxygen atoms in total. The number of carbonyl (C=O) groups is 1. The average molecular weight is 651 g/mol. The number of nitrogens with zero attached hydrogens (tertiary/aromatic N) is 3. The van der Waals surface area contributed by atoms with Gasteiger partial charge < -0.3 is 29.4 Å². The molecule has 1 amide bonds. The molecule has 46 heavy (non-hydrogen) atoms. The van der Waals surface area contributed by atoms with Crippen LogP contribution in [0.25, 0.3) is 10.9 Å². The third-order valence-corrected chi connectivity index (χ3v) is 10.6. The predicted molar refractivity (Wildman–Crippen MR) is 189 cm³/mol. The normalized spacial score (nSPS) is 21.1. The molecule has 1 aliphatic heterocycles. The van der Waals surface area contributed by atoms with E-state index in [9.17, 15) is 9.90 Å². The van der Waals surface area contributed by atoms with Crippen LogP contribution in [0.3, 0.4) is 0 Å². The Hall–Kier alpha value is -2.56. The molecule has 0 saturated heterocycles. The largest absolute Gasteiger partial charge is 0.497 e. The number of nitrogens with one attached hydrogen (secondary N) is 1. The van der Waals surface area contributed by atoms with Crippen LogP contribution >= 0.6 is 11.9 Å². The lowest BCUT2D eigenvalue weighted by atomic mass is 9.77. The Balaban J connectivity index is 1.53.